The Kier molecular flexibility index (Phi) is 7.02. The molecule has 6 heteroatoms. The van der Waals surface area contributed by atoms with Crippen LogP contribution in [-0.2, 0) is 11.4 Å². The van der Waals surface area contributed by atoms with Crippen molar-refractivity contribution >= 4 is 50.5 Å². The zero-order chi connectivity index (χ0) is 26.6. The van der Waals surface area contributed by atoms with Gasteiger partial charge in [-0.15, -0.1) is 0 Å². The number of fused-ring (bicyclic) bond motifs is 2. The second-order valence-corrected chi connectivity index (χ2v) is 10.2. The number of rotatable bonds is 8. The Balaban J connectivity index is 1.10. The van der Waals surface area contributed by atoms with E-state index in [1.165, 1.54) is 10.3 Å². The number of ether oxygens (including phenoxy) is 2. The first-order valence-electron chi connectivity index (χ1n) is 12.7. The maximum absolute atomic E-state index is 13.0. The molecule has 5 aromatic rings. The molecular weight excluding hydrogens is 506 g/mol. The van der Waals surface area contributed by atoms with Gasteiger partial charge in [0.1, 0.15) is 24.7 Å². The fourth-order valence-corrected chi connectivity index (χ4v) is 5.55. The topological polar surface area (TPSA) is 55.8 Å². The largest absolute Gasteiger partial charge is 0.491 e. The highest BCUT2D eigenvalue weighted by atomic mass is 32.2. The molecule has 0 N–H and O–H groups in total. The van der Waals surface area contributed by atoms with Gasteiger partial charge in [-0.3, -0.25) is 14.5 Å². The molecule has 1 fully saturated rings. The molecule has 0 bridgehead atoms. The molecular formula is C33H25NO4S. The summed E-state index contributed by atoms with van der Waals surface area (Å²) >= 11 is 0.945. The summed E-state index contributed by atoms with van der Waals surface area (Å²) in [6, 6.07) is 35.7. The molecule has 0 aliphatic carbocycles. The smallest absolute Gasteiger partial charge is 0.293 e. The Morgan fingerprint density at radius 3 is 2.26 bits per heavy atom. The number of carbonyl (C=O) groups excluding carboxylic acids is 2. The third-order valence-corrected chi connectivity index (χ3v) is 7.53. The predicted molar refractivity (Wildman–Crippen MR) is 157 cm³/mol. The van der Waals surface area contributed by atoms with Gasteiger partial charge in [0.25, 0.3) is 11.1 Å². The summed E-state index contributed by atoms with van der Waals surface area (Å²) in [5, 5.41) is 4.11. The molecule has 192 valence electrons. The standard InChI is InChI=1S/C33H25NO4S/c35-32-31(39-33(36)34(32)18-19-37-30-17-7-12-25-10-2-4-16-29(25)30)21-23-8-5-14-27(20-23)38-22-26-13-6-11-24-9-1-3-15-28(24)26/h1-17,20-21H,18-19,22H2/b31-21-. The van der Waals surface area contributed by atoms with Crippen LogP contribution in [0.25, 0.3) is 27.6 Å². The Morgan fingerprint density at radius 2 is 1.41 bits per heavy atom. The number of carbonyl (C=O) groups is 2. The van der Waals surface area contributed by atoms with Crippen molar-refractivity contribution in [3.63, 3.8) is 0 Å². The molecule has 6 rings (SSSR count). The fraction of sp³-hybridized carbons (Fsp3) is 0.0909. The van der Waals surface area contributed by atoms with Crippen LogP contribution >= 0.6 is 11.8 Å². The van der Waals surface area contributed by atoms with Crippen molar-refractivity contribution in [2.45, 2.75) is 6.61 Å². The Morgan fingerprint density at radius 1 is 0.718 bits per heavy atom. The summed E-state index contributed by atoms with van der Waals surface area (Å²) in [4.78, 5) is 27.3. The molecule has 1 aliphatic heterocycles. The molecule has 0 saturated carbocycles. The van der Waals surface area contributed by atoms with Gasteiger partial charge in [-0.05, 0) is 63.3 Å². The molecule has 1 heterocycles. The SMILES string of the molecule is O=C1S/C(=C\c2cccc(OCc3cccc4ccccc34)c2)C(=O)N1CCOc1cccc2ccccc12. The van der Waals surface area contributed by atoms with Gasteiger partial charge in [0.05, 0.1) is 11.4 Å². The number of nitrogens with zero attached hydrogens (tertiary/aromatic N) is 1. The van der Waals surface area contributed by atoms with E-state index in [-0.39, 0.29) is 24.3 Å². The first-order valence-corrected chi connectivity index (χ1v) is 13.5. The molecule has 2 amide bonds. The van der Waals surface area contributed by atoms with E-state index in [0.29, 0.717) is 17.3 Å². The van der Waals surface area contributed by atoms with Crippen molar-refractivity contribution in [2.24, 2.45) is 0 Å². The van der Waals surface area contributed by atoms with Gasteiger partial charge in [0, 0.05) is 5.39 Å². The van der Waals surface area contributed by atoms with Crippen LogP contribution in [0.1, 0.15) is 11.1 Å². The lowest BCUT2D eigenvalue weighted by Gasteiger charge is -2.14. The molecule has 5 aromatic carbocycles. The predicted octanol–water partition coefficient (Wildman–Crippen LogP) is 7.69. The summed E-state index contributed by atoms with van der Waals surface area (Å²) < 4.78 is 12.0. The van der Waals surface area contributed by atoms with Crippen LogP contribution in [0.2, 0.25) is 0 Å². The Hall–Kier alpha value is -4.55. The average molecular weight is 532 g/mol. The highest BCUT2D eigenvalue weighted by Crippen LogP contribution is 2.33. The van der Waals surface area contributed by atoms with Gasteiger partial charge in [0.2, 0.25) is 0 Å². The second kappa shape index (κ2) is 11.1. The van der Waals surface area contributed by atoms with Crippen molar-refractivity contribution in [1.82, 2.24) is 4.90 Å². The molecule has 5 nitrogen and oxygen atoms in total. The van der Waals surface area contributed by atoms with Crippen molar-refractivity contribution in [3.8, 4) is 11.5 Å². The number of thioether (sulfide) groups is 1. The lowest BCUT2D eigenvalue weighted by atomic mass is 10.1. The van der Waals surface area contributed by atoms with Crippen molar-refractivity contribution in [1.29, 1.82) is 0 Å². The van der Waals surface area contributed by atoms with Gasteiger partial charge in [-0.1, -0.05) is 91.0 Å². The van der Waals surface area contributed by atoms with Crippen LogP contribution in [0, 0.1) is 0 Å². The number of amides is 2. The lowest BCUT2D eigenvalue weighted by Crippen LogP contribution is -2.32. The van der Waals surface area contributed by atoms with E-state index in [9.17, 15) is 9.59 Å². The zero-order valence-corrected chi connectivity index (χ0v) is 21.9. The van der Waals surface area contributed by atoms with E-state index in [4.69, 9.17) is 9.47 Å². The van der Waals surface area contributed by atoms with Gasteiger partial charge in [-0.2, -0.15) is 0 Å². The molecule has 0 atom stereocenters. The monoisotopic (exact) mass is 531 g/mol. The maximum atomic E-state index is 13.0. The van der Waals surface area contributed by atoms with E-state index in [2.05, 4.69) is 24.3 Å². The minimum Gasteiger partial charge on any atom is -0.491 e. The van der Waals surface area contributed by atoms with Crippen molar-refractivity contribution in [2.75, 3.05) is 13.2 Å². The van der Waals surface area contributed by atoms with E-state index < -0.39 is 0 Å². The van der Waals surface area contributed by atoms with Crippen LogP contribution in [0.4, 0.5) is 4.79 Å². The first-order chi connectivity index (χ1) is 19.2. The van der Waals surface area contributed by atoms with Gasteiger partial charge < -0.3 is 9.47 Å². The first kappa shape index (κ1) is 24.8. The number of imide groups is 1. The van der Waals surface area contributed by atoms with E-state index >= 15 is 0 Å². The molecule has 1 saturated heterocycles. The Bertz CT molecular complexity index is 1720. The van der Waals surface area contributed by atoms with Crippen LogP contribution in [-0.4, -0.2) is 29.2 Å². The molecule has 0 spiro atoms. The molecule has 1 aliphatic rings. The zero-order valence-electron chi connectivity index (χ0n) is 21.1. The summed E-state index contributed by atoms with van der Waals surface area (Å²) in [6.07, 6.45) is 1.74. The second-order valence-electron chi connectivity index (χ2n) is 9.16. The quantitative estimate of drug-likeness (QED) is 0.192. The van der Waals surface area contributed by atoms with E-state index in [1.807, 2.05) is 84.9 Å². The van der Waals surface area contributed by atoms with Gasteiger partial charge in [0.15, 0.2) is 0 Å². The van der Waals surface area contributed by atoms with Gasteiger partial charge in [-0.25, -0.2) is 0 Å². The summed E-state index contributed by atoms with van der Waals surface area (Å²) in [7, 11) is 0. The number of benzene rings is 5. The normalized spacial score (nSPS) is 14.5. The summed E-state index contributed by atoms with van der Waals surface area (Å²) in [5.41, 5.74) is 1.90. The third-order valence-electron chi connectivity index (χ3n) is 6.63. The number of hydrogen-bond acceptors (Lipinski definition) is 5. The van der Waals surface area contributed by atoms with Crippen LogP contribution in [0.3, 0.4) is 0 Å². The molecule has 39 heavy (non-hydrogen) atoms. The molecule has 0 unspecified atom stereocenters. The van der Waals surface area contributed by atoms with Crippen LogP contribution in [0.5, 0.6) is 11.5 Å². The lowest BCUT2D eigenvalue weighted by molar-refractivity contribution is -0.123. The van der Waals surface area contributed by atoms with Crippen molar-refractivity contribution in [3.05, 3.63) is 125 Å². The highest BCUT2D eigenvalue weighted by molar-refractivity contribution is 8.18. The minimum atomic E-state index is -0.311. The van der Waals surface area contributed by atoms with Gasteiger partial charge >= 0.3 is 0 Å². The molecule has 0 radical (unpaired) electrons. The van der Waals surface area contributed by atoms with E-state index in [0.717, 1.165) is 44.8 Å². The summed E-state index contributed by atoms with van der Waals surface area (Å²) in [5.74, 6) is 1.11. The molecule has 0 aromatic heterocycles. The third kappa shape index (κ3) is 5.38. The van der Waals surface area contributed by atoms with Crippen LogP contribution < -0.4 is 9.47 Å². The maximum Gasteiger partial charge on any atom is 0.293 e. The number of hydrogen-bond donors (Lipinski definition) is 0. The summed E-state index contributed by atoms with van der Waals surface area (Å²) in [6.45, 7) is 0.828. The fourth-order valence-electron chi connectivity index (χ4n) is 4.69. The average Bonchev–Trinajstić information content (AvgIpc) is 3.23. The van der Waals surface area contributed by atoms with Crippen molar-refractivity contribution < 1.29 is 19.1 Å². The highest BCUT2D eigenvalue weighted by Gasteiger charge is 2.34. The van der Waals surface area contributed by atoms with Crippen LogP contribution in [0.15, 0.2) is 114 Å². The minimum absolute atomic E-state index is 0.180. The Labute approximate surface area is 230 Å². The van der Waals surface area contributed by atoms with E-state index in [1.54, 1.807) is 6.08 Å².